The summed E-state index contributed by atoms with van der Waals surface area (Å²) in [4.78, 5) is 12.2. The van der Waals surface area contributed by atoms with Crippen molar-refractivity contribution in [1.82, 2.24) is 0 Å². The summed E-state index contributed by atoms with van der Waals surface area (Å²) in [6, 6.07) is 22.0. The van der Waals surface area contributed by atoms with Crippen molar-refractivity contribution < 1.29 is 14.3 Å². The molecule has 0 fully saturated rings. The van der Waals surface area contributed by atoms with Gasteiger partial charge in [0.2, 0.25) is 5.91 Å². The molecule has 0 bridgehead atoms. The molecular weight excluding hydrogens is 362 g/mol. The number of benzene rings is 3. The van der Waals surface area contributed by atoms with Crippen LogP contribution in [0.5, 0.6) is 17.2 Å². The van der Waals surface area contributed by atoms with Crippen LogP contribution in [0, 0.1) is 0 Å². The molecule has 3 rings (SSSR count). The standard InChI is InChI=1S/C22H20ClNO3/c1-2-26-18-11-13-20(14-12-18)27-19-9-7-17(8-10-19)24-22(25)15-16-5-3-4-6-21(16)23/h3-14H,2,15H2,1H3,(H,24,25). The highest BCUT2D eigenvalue weighted by atomic mass is 35.5. The summed E-state index contributed by atoms with van der Waals surface area (Å²) in [7, 11) is 0. The Morgan fingerprint density at radius 2 is 1.48 bits per heavy atom. The number of carbonyl (C=O) groups is 1. The van der Waals surface area contributed by atoms with Crippen molar-refractivity contribution in [1.29, 1.82) is 0 Å². The molecule has 0 heterocycles. The lowest BCUT2D eigenvalue weighted by molar-refractivity contribution is -0.115. The lowest BCUT2D eigenvalue weighted by atomic mass is 10.1. The van der Waals surface area contributed by atoms with E-state index in [1.165, 1.54) is 0 Å². The van der Waals surface area contributed by atoms with E-state index in [0.717, 1.165) is 11.3 Å². The van der Waals surface area contributed by atoms with E-state index in [1.54, 1.807) is 18.2 Å². The SMILES string of the molecule is CCOc1ccc(Oc2ccc(NC(=O)Cc3ccccc3Cl)cc2)cc1. The normalized spacial score (nSPS) is 10.3. The minimum atomic E-state index is -0.122. The highest BCUT2D eigenvalue weighted by molar-refractivity contribution is 6.31. The molecule has 27 heavy (non-hydrogen) atoms. The lowest BCUT2D eigenvalue weighted by Gasteiger charge is -2.09. The summed E-state index contributed by atoms with van der Waals surface area (Å²) >= 11 is 6.09. The number of amides is 1. The molecule has 0 aliphatic heterocycles. The highest BCUT2D eigenvalue weighted by Gasteiger charge is 2.07. The minimum absolute atomic E-state index is 0.122. The van der Waals surface area contributed by atoms with Gasteiger partial charge in [0.05, 0.1) is 13.0 Å². The first-order valence-electron chi connectivity index (χ1n) is 8.68. The molecule has 0 unspecified atom stereocenters. The maximum atomic E-state index is 12.2. The fraction of sp³-hybridized carbons (Fsp3) is 0.136. The van der Waals surface area contributed by atoms with E-state index in [-0.39, 0.29) is 12.3 Å². The first kappa shape index (κ1) is 18.8. The van der Waals surface area contributed by atoms with Gasteiger partial charge in [-0.15, -0.1) is 0 Å². The molecule has 0 aliphatic rings. The van der Waals surface area contributed by atoms with E-state index in [9.17, 15) is 4.79 Å². The third kappa shape index (κ3) is 5.50. The number of ether oxygens (including phenoxy) is 2. The van der Waals surface area contributed by atoms with E-state index >= 15 is 0 Å². The Hall–Kier alpha value is -2.98. The number of carbonyl (C=O) groups excluding carboxylic acids is 1. The fourth-order valence-electron chi connectivity index (χ4n) is 2.53. The Bertz CT molecular complexity index is 892. The average molecular weight is 382 g/mol. The molecule has 3 aromatic carbocycles. The van der Waals surface area contributed by atoms with Gasteiger partial charge < -0.3 is 14.8 Å². The van der Waals surface area contributed by atoms with Crippen molar-refractivity contribution in [2.75, 3.05) is 11.9 Å². The third-order valence-corrected chi connectivity index (χ3v) is 4.19. The van der Waals surface area contributed by atoms with Crippen LogP contribution in [0.2, 0.25) is 5.02 Å². The van der Waals surface area contributed by atoms with Gasteiger partial charge in [0.15, 0.2) is 0 Å². The minimum Gasteiger partial charge on any atom is -0.494 e. The molecule has 0 saturated carbocycles. The molecule has 5 heteroatoms. The maximum absolute atomic E-state index is 12.2. The van der Waals surface area contributed by atoms with Gasteiger partial charge in [0, 0.05) is 10.7 Å². The van der Waals surface area contributed by atoms with Crippen molar-refractivity contribution in [3.8, 4) is 17.2 Å². The molecule has 0 aliphatic carbocycles. The van der Waals surface area contributed by atoms with Gasteiger partial charge in [-0.05, 0) is 67.1 Å². The lowest BCUT2D eigenvalue weighted by Crippen LogP contribution is -2.14. The molecular formula is C22H20ClNO3. The van der Waals surface area contributed by atoms with Crippen molar-refractivity contribution in [3.63, 3.8) is 0 Å². The average Bonchev–Trinajstić information content (AvgIpc) is 2.67. The molecule has 1 N–H and O–H groups in total. The first-order chi connectivity index (χ1) is 13.1. The van der Waals surface area contributed by atoms with Gasteiger partial charge in [0.1, 0.15) is 17.2 Å². The zero-order valence-corrected chi connectivity index (χ0v) is 15.7. The van der Waals surface area contributed by atoms with E-state index in [4.69, 9.17) is 21.1 Å². The van der Waals surface area contributed by atoms with Gasteiger partial charge >= 0.3 is 0 Å². The number of hydrogen-bond donors (Lipinski definition) is 1. The molecule has 0 saturated heterocycles. The Balaban J connectivity index is 1.56. The number of anilines is 1. The summed E-state index contributed by atoms with van der Waals surface area (Å²) in [5, 5.41) is 3.45. The Morgan fingerprint density at radius 1 is 0.889 bits per heavy atom. The topological polar surface area (TPSA) is 47.6 Å². The Morgan fingerprint density at radius 3 is 2.11 bits per heavy atom. The second kappa shape index (κ2) is 9.10. The maximum Gasteiger partial charge on any atom is 0.228 e. The monoisotopic (exact) mass is 381 g/mol. The first-order valence-corrected chi connectivity index (χ1v) is 9.06. The molecule has 0 spiro atoms. The van der Waals surface area contributed by atoms with Crippen molar-refractivity contribution in [2.45, 2.75) is 13.3 Å². The molecule has 0 aromatic heterocycles. The van der Waals surface area contributed by atoms with E-state index in [1.807, 2.05) is 61.5 Å². The van der Waals surface area contributed by atoms with Crippen LogP contribution >= 0.6 is 11.6 Å². The van der Waals surface area contributed by atoms with Gasteiger partial charge in [-0.25, -0.2) is 0 Å². The van der Waals surface area contributed by atoms with Crippen molar-refractivity contribution >= 4 is 23.2 Å². The van der Waals surface area contributed by atoms with Crippen molar-refractivity contribution in [2.24, 2.45) is 0 Å². The van der Waals surface area contributed by atoms with Gasteiger partial charge in [-0.1, -0.05) is 29.8 Å². The molecule has 0 radical (unpaired) electrons. The predicted octanol–water partition coefficient (Wildman–Crippen LogP) is 5.71. The molecule has 1 amide bonds. The summed E-state index contributed by atoms with van der Waals surface area (Å²) in [6.45, 7) is 2.57. The fourth-order valence-corrected chi connectivity index (χ4v) is 2.74. The van der Waals surface area contributed by atoms with Crippen LogP contribution < -0.4 is 14.8 Å². The zero-order valence-electron chi connectivity index (χ0n) is 14.9. The Kier molecular flexibility index (Phi) is 6.34. The molecule has 4 nitrogen and oxygen atoms in total. The highest BCUT2D eigenvalue weighted by Crippen LogP contribution is 2.25. The largest absolute Gasteiger partial charge is 0.494 e. The number of nitrogens with one attached hydrogen (secondary N) is 1. The second-order valence-electron chi connectivity index (χ2n) is 5.85. The third-order valence-electron chi connectivity index (χ3n) is 3.82. The van der Waals surface area contributed by atoms with Crippen LogP contribution in [0.15, 0.2) is 72.8 Å². The van der Waals surface area contributed by atoms with Crippen LogP contribution in [-0.4, -0.2) is 12.5 Å². The van der Waals surface area contributed by atoms with Crippen LogP contribution in [0.3, 0.4) is 0 Å². The smallest absolute Gasteiger partial charge is 0.228 e. The van der Waals surface area contributed by atoms with Crippen LogP contribution in [0.1, 0.15) is 12.5 Å². The zero-order chi connectivity index (χ0) is 19.1. The summed E-state index contributed by atoms with van der Waals surface area (Å²) < 4.78 is 11.2. The van der Waals surface area contributed by atoms with Crippen LogP contribution in [-0.2, 0) is 11.2 Å². The van der Waals surface area contributed by atoms with Crippen LogP contribution in [0.4, 0.5) is 5.69 Å². The second-order valence-corrected chi connectivity index (χ2v) is 6.25. The number of halogens is 1. The summed E-state index contributed by atoms with van der Waals surface area (Å²) in [5.41, 5.74) is 1.50. The Labute approximate surface area is 163 Å². The van der Waals surface area contributed by atoms with Gasteiger partial charge in [0.25, 0.3) is 0 Å². The van der Waals surface area contributed by atoms with E-state index < -0.39 is 0 Å². The van der Waals surface area contributed by atoms with E-state index in [0.29, 0.717) is 28.8 Å². The van der Waals surface area contributed by atoms with Crippen molar-refractivity contribution in [3.05, 3.63) is 83.4 Å². The summed E-state index contributed by atoms with van der Waals surface area (Å²) in [6.07, 6.45) is 0.226. The molecule has 3 aromatic rings. The quantitative estimate of drug-likeness (QED) is 0.570. The molecule has 0 atom stereocenters. The number of hydrogen-bond acceptors (Lipinski definition) is 3. The predicted molar refractivity (Wildman–Crippen MR) is 108 cm³/mol. The van der Waals surface area contributed by atoms with Crippen LogP contribution in [0.25, 0.3) is 0 Å². The summed E-state index contributed by atoms with van der Waals surface area (Å²) in [5.74, 6) is 2.09. The molecule has 138 valence electrons. The van der Waals surface area contributed by atoms with Gasteiger partial charge in [-0.3, -0.25) is 4.79 Å². The van der Waals surface area contributed by atoms with E-state index in [2.05, 4.69) is 5.32 Å². The number of rotatable bonds is 7. The van der Waals surface area contributed by atoms with Gasteiger partial charge in [-0.2, -0.15) is 0 Å².